The first-order valence-corrected chi connectivity index (χ1v) is 10.9. The number of benzene rings is 1. The van der Waals surface area contributed by atoms with Crippen molar-refractivity contribution in [2.75, 3.05) is 50.9 Å². The van der Waals surface area contributed by atoms with Crippen molar-refractivity contribution in [2.45, 2.75) is 32.4 Å². The summed E-state index contributed by atoms with van der Waals surface area (Å²) in [6, 6.07) is 8.47. The molecule has 1 aromatic carbocycles. The van der Waals surface area contributed by atoms with Gasteiger partial charge < -0.3 is 15.4 Å². The van der Waals surface area contributed by atoms with Crippen LogP contribution in [0.1, 0.15) is 24.5 Å². The molecule has 2 N–H and O–H groups in total. The average molecular weight is 377 g/mol. The van der Waals surface area contributed by atoms with Crippen LogP contribution in [0.5, 0.6) is 0 Å². The first kappa shape index (κ1) is 19.5. The molecule has 0 amide bonds. The van der Waals surface area contributed by atoms with E-state index in [1.165, 1.54) is 29.1 Å². The van der Waals surface area contributed by atoms with Gasteiger partial charge in [-0.2, -0.15) is 11.8 Å². The first-order valence-electron chi connectivity index (χ1n) is 9.71. The van der Waals surface area contributed by atoms with E-state index in [0.29, 0.717) is 6.54 Å². The zero-order chi connectivity index (χ0) is 18.2. The summed E-state index contributed by atoms with van der Waals surface area (Å²) in [5, 5.41) is 7.04. The molecule has 144 valence electrons. The van der Waals surface area contributed by atoms with Gasteiger partial charge >= 0.3 is 0 Å². The Bertz CT molecular complexity index is 595. The maximum Gasteiger partial charge on any atom is 0.191 e. The van der Waals surface area contributed by atoms with Crippen LogP contribution in [0, 0.1) is 6.92 Å². The molecule has 0 radical (unpaired) electrons. The predicted octanol–water partition coefficient (Wildman–Crippen LogP) is 2.26. The second kappa shape index (κ2) is 9.62. The Kier molecular flexibility index (Phi) is 7.23. The van der Waals surface area contributed by atoms with Crippen molar-refractivity contribution >= 4 is 17.7 Å². The van der Waals surface area contributed by atoms with Crippen molar-refractivity contribution in [3.05, 3.63) is 35.4 Å². The second-order valence-corrected chi connectivity index (χ2v) is 8.21. The lowest BCUT2D eigenvalue weighted by Crippen LogP contribution is -2.60. The maximum atomic E-state index is 5.56. The van der Waals surface area contributed by atoms with Crippen molar-refractivity contribution in [2.24, 2.45) is 4.99 Å². The lowest BCUT2D eigenvalue weighted by Gasteiger charge is -2.43. The van der Waals surface area contributed by atoms with Crippen molar-refractivity contribution in [3.8, 4) is 0 Å². The van der Waals surface area contributed by atoms with E-state index in [-0.39, 0.29) is 5.54 Å². The van der Waals surface area contributed by atoms with Crippen molar-refractivity contribution < 1.29 is 4.74 Å². The number of nitrogens with zero attached hydrogens (tertiary/aromatic N) is 2. The van der Waals surface area contributed by atoms with E-state index in [1.54, 1.807) is 0 Å². The number of guanidine groups is 1. The van der Waals surface area contributed by atoms with E-state index < -0.39 is 0 Å². The van der Waals surface area contributed by atoms with Crippen LogP contribution in [0.15, 0.2) is 29.3 Å². The third kappa shape index (κ3) is 4.93. The van der Waals surface area contributed by atoms with Gasteiger partial charge in [0.2, 0.25) is 0 Å². The highest BCUT2D eigenvalue weighted by molar-refractivity contribution is 7.99. The highest BCUT2D eigenvalue weighted by Gasteiger charge is 2.40. The Morgan fingerprint density at radius 3 is 2.77 bits per heavy atom. The molecule has 5 nitrogen and oxygen atoms in total. The molecule has 3 rings (SSSR count). The lowest BCUT2D eigenvalue weighted by atomic mass is 9.95. The predicted molar refractivity (Wildman–Crippen MR) is 111 cm³/mol. The minimum Gasteiger partial charge on any atom is -0.379 e. The lowest BCUT2D eigenvalue weighted by molar-refractivity contribution is -0.0120. The molecule has 0 saturated carbocycles. The van der Waals surface area contributed by atoms with Crippen molar-refractivity contribution in [3.63, 3.8) is 0 Å². The zero-order valence-electron chi connectivity index (χ0n) is 16.1. The number of morpholine rings is 1. The van der Waals surface area contributed by atoms with Gasteiger partial charge in [0, 0.05) is 37.5 Å². The third-order valence-electron chi connectivity index (χ3n) is 5.36. The van der Waals surface area contributed by atoms with E-state index in [4.69, 9.17) is 9.73 Å². The smallest absolute Gasteiger partial charge is 0.191 e. The van der Waals surface area contributed by atoms with Gasteiger partial charge in [-0.15, -0.1) is 0 Å². The molecule has 2 aliphatic rings. The summed E-state index contributed by atoms with van der Waals surface area (Å²) in [4.78, 5) is 7.46. The number of thioether (sulfide) groups is 1. The van der Waals surface area contributed by atoms with Gasteiger partial charge in [-0.25, -0.2) is 4.99 Å². The minimum absolute atomic E-state index is 0.229. The Hall–Kier alpha value is -1.24. The summed E-state index contributed by atoms with van der Waals surface area (Å²) < 4.78 is 5.56. The molecule has 0 aromatic heterocycles. The van der Waals surface area contributed by atoms with Crippen LogP contribution in [0.3, 0.4) is 0 Å². The van der Waals surface area contributed by atoms with Crippen LogP contribution in [-0.4, -0.2) is 67.3 Å². The summed E-state index contributed by atoms with van der Waals surface area (Å²) in [7, 11) is 0. The van der Waals surface area contributed by atoms with E-state index in [2.05, 4.69) is 65.4 Å². The molecule has 2 saturated heterocycles. The van der Waals surface area contributed by atoms with Crippen LogP contribution in [0.2, 0.25) is 0 Å². The topological polar surface area (TPSA) is 48.9 Å². The highest BCUT2D eigenvalue weighted by atomic mass is 32.2. The molecule has 2 heterocycles. The maximum absolute atomic E-state index is 5.56. The fourth-order valence-electron chi connectivity index (χ4n) is 3.68. The summed E-state index contributed by atoms with van der Waals surface area (Å²) in [6.07, 6.45) is 1.24. The molecule has 6 heteroatoms. The Balaban J connectivity index is 1.64. The van der Waals surface area contributed by atoms with Crippen molar-refractivity contribution in [1.29, 1.82) is 0 Å². The molecule has 26 heavy (non-hydrogen) atoms. The van der Waals surface area contributed by atoms with Crippen LogP contribution < -0.4 is 10.6 Å². The number of nitrogens with one attached hydrogen (secondary N) is 2. The van der Waals surface area contributed by atoms with E-state index >= 15 is 0 Å². The number of aliphatic imine (C=N–C) groups is 1. The molecule has 1 aromatic rings. The van der Waals surface area contributed by atoms with E-state index in [1.807, 2.05) is 0 Å². The molecular weight excluding hydrogens is 344 g/mol. The Morgan fingerprint density at radius 2 is 2.08 bits per heavy atom. The summed E-state index contributed by atoms with van der Waals surface area (Å²) in [5.74, 6) is 3.35. The summed E-state index contributed by atoms with van der Waals surface area (Å²) >= 11 is 2.07. The van der Waals surface area contributed by atoms with Crippen LogP contribution >= 0.6 is 11.8 Å². The Morgan fingerprint density at radius 1 is 1.27 bits per heavy atom. The number of hydrogen-bond donors (Lipinski definition) is 2. The number of aryl methyl sites for hydroxylation is 1. The van der Waals surface area contributed by atoms with Crippen LogP contribution in [0.4, 0.5) is 0 Å². The van der Waals surface area contributed by atoms with Gasteiger partial charge in [-0.3, -0.25) is 4.90 Å². The standard InChI is InChI=1S/C20H32N4OS/c1-3-21-19(22-14-18-7-5-4-6-17(18)2)23-15-20(8-13-26-16-20)24-9-11-25-12-10-24/h4-7H,3,8-16H2,1-2H3,(H2,21,22,23). The summed E-state index contributed by atoms with van der Waals surface area (Å²) in [5.41, 5.74) is 2.81. The normalized spacial score (nSPS) is 24.6. The quantitative estimate of drug-likeness (QED) is 0.589. The van der Waals surface area contributed by atoms with Gasteiger partial charge in [0.1, 0.15) is 0 Å². The number of ether oxygens (including phenoxy) is 1. The zero-order valence-corrected chi connectivity index (χ0v) is 16.9. The third-order valence-corrected chi connectivity index (χ3v) is 6.60. The average Bonchev–Trinajstić information content (AvgIpc) is 3.16. The number of hydrogen-bond acceptors (Lipinski definition) is 4. The first-order chi connectivity index (χ1) is 12.7. The van der Waals surface area contributed by atoms with Gasteiger partial charge in [0.05, 0.1) is 19.8 Å². The molecule has 0 spiro atoms. The second-order valence-electron chi connectivity index (χ2n) is 7.10. The van der Waals surface area contributed by atoms with Crippen LogP contribution in [-0.2, 0) is 11.3 Å². The Labute approximate surface area is 162 Å². The fourth-order valence-corrected chi connectivity index (χ4v) is 5.15. The molecule has 2 aliphatic heterocycles. The van der Waals surface area contributed by atoms with E-state index in [9.17, 15) is 0 Å². The van der Waals surface area contributed by atoms with E-state index in [0.717, 1.165) is 45.4 Å². The van der Waals surface area contributed by atoms with Gasteiger partial charge in [0.25, 0.3) is 0 Å². The van der Waals surface area contributed by atoms with Gasteiger partial charge in [-0.1, -0.05) is 24.3 Å². The minimum atomic E-state index is 0.229. The molecular formula is C20H32N4OS. The SMILES string of the molecule is CCNC(=NCc1ccccc1C)NCC1(N2CCOCC2)CCSC1. The molecule has 1 unspecified atom stereocenters. The number of rotatable bonds is 6. The largest absolute Gasteiger partial charge is 0.379 e. The molecule has 0 aliphatic carbocycles. The fraction of sp³-hybridized carbons (Fsp3) is 0.650. The summed E-state index contributed by atoms with van der Waals surface area (Å²) in [6.45, 7) is 10.6. The monoisotopic (exact) mass is 376 g/mol. The van der Waals surface area contributed by atoms with Gasteiger partial charge in [0.15, 0.2) is 5.96 Å². The van der Waals surface area contributed by atoms with Crippen molar-refractivity contribution in [1.82, 2.24) is 15.5 Å². The molecule has 2 fully saturated rings. The highest BCUT2D eigenvalue weighted by Crippen LogP contribution is 2.33. The molecule has 0 bridgehead atoms. The van der Waals surface area contributed by atoms with Gasteiger partial charge in [-0.05, 0) is 37.1 Å². The molecule has 1 atom stereocenters. The van der Waals surface area contributed by atoms with Crippen LogP contribution in [0.25, 0.3) is 0 Å².